The molecule has 2 aliphatic rings. The Hall–Kier alpha value is -1.89. The van der Waals surface area contributed by atoms with Crippen molar-refractivity contribution in [2.24, 2.45) is 0 Å². The summed E-state index contributed by atoms with van der Waals surface area (Å²) in [6.07, 6.45) is 2.48. The maximum Gasteiger partial charge on any atom is 0.244 e. The first-order chi connectivity index (χ1) is 15.4. The molecule has 9 nitrogen and oxygen atoms in total. The minimum atomic E-state index is -4.16. The second-order valence-electron chi connectivity index (χ2n) is 7.72. The number of nitrogens with one attached hydrogen (secondary N) is 2. The Morgan fingerprint density at radius 1 is 1.22 bits per heavy atom. The van der Waals surface area contributed by atoms with Crippen LogP contribution in [0.3, 0.4) is 0 Å². The van der Waals surface area contributed by atoms with E-state index in [0.29, 0.717) is 6.54 Å². The topological polar surface area (TPSA) is 117 Å². The van der Waals surface area contributed by atoms with Crippen LogP contribution in [0.15, 0.2) is 41.3 Å². The second kappa shape index (κ2) is 11.8. The van der Waals surface area contributed by atoms with Gasteiger partial charge in [0.1, 0.15) is 16.8 Å². The van der Waals surface area contributed by atoms with Gasteiger partial charge in [0.05, 0.1) is 38.4 Å². The number of nitrogens with zero attached hydrogens (tertiary/aromatic N) is 1. The van der Waals surface area contributed by atoms with Gasteiger partial charge < -0.3 is 19.9 Å². The van der Waals surface area contributed by atoms with E-state index in [4.69, 9.17) is 9.47 Å². The lowest BCUT2D eigenvalue weighted by Crippen LogP contribution is -2.49. The Morgan fingerprint density at radius 2 is 1.97 bits per heavy atom. The molecule has 0 bridgehead atoms. The molecule has 1 fully saturated rings. The summed E-state index contributed by atoms with van der Waals surface area (Å²) in [5.74, 6) is -1.06. The molecule has 3 atom stereocenters. The first-order valence-corrected chi connectivity index (χ1v) is 12.2. The van der Waals surface area contributed by atoms with Crippen molar-refractivity contribution in [3.63, 3.8) is 0 Å². The van der Waals surface area contributed by atoms with Crippen molar-refractivity contribution in [3.05, 3.63) is 42.2 Å². The Balaban J connectivity index is 1.47. The van der Waals surface area contributed by atoms with Crippen LogP contribution in [0.1, 0.15) is 12.8 Å². The van der Waals surface area contributed by atoms with Crippen molar-refractivity contribution in [2.75, 3.05) is 46.0 Å². The fraction of sp³-hybridized carbons (Fsp3) is 0.571. The summed E-state index contributed by atoms with van der Waals surface area (Å²) < 4.78 is 52.2. The largest absolute Gasteiger partial charge is 0.394 e. The molecule has 0 spiro atoms. The van der Waals surface area contributed by atoms with E-state index < -0.39 is 45.6 Å². The summed E-state index contributed by atoms with van der Waals surface area (Å²) in [7, 11) is -4.16. The van der Waals surface area contributed by atoms with Gasteiger partial charge in [0.15, 0.2) is 0 Å². The standard InChI is InChI=1S/C21H30FN3O6S/c22-17-4-1-2-5-20(17)32(28,29)24-18-7-6-16(31-19(18)15-26)14-21(27)23-8-3-9-25-10-12-30-13-11-25/h1-2,4-7,16,18-19,24,26H,3,8-15H2,(H,23,27)/t16-,18-,19+/m1/s1. The van der Waals surface area contributed by atoms with Crippen LogP contribution >= 0.6 is 0 Å². The predicted octanol–water partition coefficient (Wildman–Crippen LogP) is 0.0171. The average Bonchev–Trinajstić information content (AvgIpc) is 2.78. The van der Waals surface area contributed by atoms with Gasteiger partial charge in [-0.25, -0.2) is 17.5 Å². The molecule has 3 rings (SSSR count). The van der Waals surface area contributed by atoms with Crippen molar-refractivity contribution >= 4 is 15.9 Å². The first kappa shape index (κ1) is 24.7. The zero-order valence-corrected chi connectivity index (χ0v) is 18.6. The summed E-state index contributed by atoms with van der Waals surface area (Å²) in [6.45, 7) is 4.24. The molecule has 178 valence electrons. The summed E-state index contributed by atoms with van der Waals surface area (Å²) in [5, 5.41) is 12.5. The number of hydrogen-bond donors (Lipinski definition) is 3. The molecule has 1 aromatic rings. The van der Waals surface area contributed by atoms with Crippen molar-refractivity contribution in [1.29, 1.82) is 0 Å². The van der Waals surface area contributed by atoms with E-state index in [1.807, 2.05) is 0 Å². The number of benzene rings is 1. The molecule has 3 N–H and O–H groups in total. The predicted molar refractivity (Wildman–Crippen MR) is 115 cm³/mol. The van der Waals surface area contributed by atoms with Gasteiger partial charge in [0.2, 0.25) is 15.9 Å². The van der Waals surface area contributed by atoms with Crippen LogP contribution in [0.4, 0.5) is 4.39 Å². The highest BCUT2D eigenvalue weighted by atomic mass is 32.2. The number of morpholine rings is 1. The highest BCUT2D eigenvalue weighted by Crippen LogP contribution is 2.19. The molecule has 0 saturated carbocycles. The monoisotopic (exact) mass is 471 g/mol. The van der Waals surface area contributed by atoms with Crippen LogP contribution in [0.2, 0.25) is 0 Å². The number of carbonyl (C=O) groups excluding carboxylic acids is 1. The summed E-state index contributed by atoms with van der Waals surface area (Å²) in [6, 6.07) is 4.14. The Morgan fingerprint density at radius 3 is 2.69 bits per heavy atom. The molecule has 0 aliphatic carbocycles. The first-order valence-electron chi connectivity index (χ1n) is 10.7. The van der Waals surface area contributed by atoms with Gasteiger partial charge in [0.25, 0.3) is 0 Å². The van der Waals surface area contributed by atoms with Crippen LogP contribution in [-0.4, -0.2) is 88.6 Å². The van der Waals surface area contributed by atoms with Crippen molar-refractivity contribution in [2.45, 2.75) is 36.0 Å². The zero-order valence-electron chi connectivity index (χ0n) is 17.8. The van der Waals surface area contributed by atoms with E-state index in [1.54, 1.807) is 6.08 Å². The second-order valence-corrected chi connectivity index (χ2v) is 9.40. The van der Waals surface area contributed by atoms with Gasteiger partial charge in [-0.1, -0.05) is 24.3 Å². The maximum absolute atomic E-state index is 13.9. The zero-order chi connectivity index (χ0) is 23.0. The molecule has 2 heterocycles. The van der Waals surface area contributed by atoms with Gasteiger partial charge >= 0.3 is 0 Å². The molecule has 1 aromatic carbocycles. The van der Waals surface area contributed by atoms with Gasteiger partial charge in [-0.3, -0.25) is 9.69 Å². The third kappa shape index (κ3) is 7.06. The van der Waals surface area contributed by atoms with Crippen LogP contribution < -0.4 is 10.0 Å². The number of aliphatic hydroxyl groups excluding tert-OH is 1. The maximum atomic E-state index is 13.9. The van der Waals surface area contributed by atoms with E-state index in [-0.39, 0.29) is 12.3 Å². The quantitative estimate of drug-likeness (QED) is 0.325. The van der Waals surface area contributed by atoms with Crippen LogP contribution in [0.25, 0.3) is 0 Å². The van der Waals surface area contributed by atoms with Crippen LogP contribution in [0, 0.1) is 5.82 Å². The SMILES string of the molecule is O=C(C[C@H]1C=C[C@@H](NS(=O)(=O)c2ccccc2F)[C@H](CO)O1)NCCCN1CCOCC1. The minimum Gasteiger partial charge on any atom is -0.394 e. The molecule has 0 aromatic heterocycles. The van der Waals surface area contributed by atoms with E-state index in [0.717, 1.165) is 51.4 Å². The highest BCUT2D eigenvalue weighted by molar-refractivity contribution is 7.89. The molecule has 1 amide bonds. The lowest BCUT2D eigenvalue weighted by atomic mass is 10.1. The number of sulfonamides is 1. The van der Waals surface area contributed by atoms with Gasteiger partial charge in [-0.05, 0) is 25.1 Å². The number of halogens is 1. The van der Waals surface area contributed by atoms with Gasteiger partial charge in [-0.15, -0.1) is 0 Å². The molecule has 0 radical (unpaired) electrons. The number of carbonyl (C=O) groups is 1. The molecule has 2 aliphatic heterocycles. The third-order valence-corrected chi connectivity index (χ3v) is 6.84. The Labute approximate surface area is 187 Å². The van der Waals surface area contributed by atoms with E-state index in [1.165, 1.54) is 18.2 Å². The Bertz CT molecular complexity index is 891. The number of aliphatic hydroxyl groups is 1. The van der Waals surface area contributed by atoms with E-state index >= 15 is 0 Å². The number of rotatable bonds is 10. The molecule has 11 heteroatoms. The van der Waals surface area contributed by atoms with Crippen LogP contribution in [-0.2, 0) is 24.3 Å². The molecule has 1 saturated heterocycles. The molecular formula is C21H30FN3O6S. The lowest BCUT2D eigenvalue weighted by Gasteiger charge is -2.31. The molecule has 32 heavy (non-hydrogen) atoms. The normalized spacial score (nSPS) is 24.4. The van der Waals surface area contributed by atoms with Crippen LogP contribution in [0.5, 0.6) is 0 Å². The Kier molecular flexibility index (Phi) is 9.14. The minimum absolute atomic E-state index is 0.0529. The van der Waals surface area contributed by atoms with Crippen molar-refractivity contribution in [1.82, 2.24) is 14.9 Å². The third-order valence-electron chi connectivity index (χ3n) is 5.34. The fourth-order valence-electron chi connectivity index (χ4n) is 3.63. The number of amides is 1. The summed E-state index contributed by atoms with van der Waals surface area (Å²) in [5.41, 5.74) is 0. The summed E-state index contributed by atoms with van der Waals surface area (Å²) in [4.78, 5) is 14.0. The lowest BCUT2D eigenvalue weighted by molar-refractivity contribution is -0.125. The smallest absolute Gasteiger partial charge is 0.244 e. The number of hydrogen-bond acceptors (Lipinski definition) is 7. The highest BCUT2D eigenvalue weighted by Gasteiger charge is 2.32. The number of ether oxygens (including phenoxy) is 2. The van der Waals surface area contributed by atoms with Crippen molar-refractivity contribution in [3.8, 4) is 0 Å². The van der Waals surface area contributed by atoms with E-state index in [9.17, 15) is 22.7 Å². The average molecular weight is 472 g/mol. The summed E-state index contributed by atoms with van der Waals surface area (Å²) >= 11 is 0. The molecule has 0 unspecified atom stereocenters. The van der Waals surface area contributed by atoms with Gasteiger partial charge in [0, 0.05) is 19.6 Å². The van der Waals surface area contributed by atoms with Crippen molar-refractivity contribution < 1.29 is 32.2 Å². The van der Waals surface area contributed by atoms with Gasteiger partial charge in [-0.2, -0.15) is 0 Å². The molecular weight excluding hydrogens is 441 g/mol. The van der Waals surface area contributed by atoms with E-state index in [2.05, 4.69) is 14.9 Å². The fourth-order valence-corrected chi connectivity index (χ4v) is 4.92.